The van der Waals surface area contributed by atoms with Gasteiger partial charge in [0.15, 0.2) is 6.61 Å². The van der Waals surface area contributed by atoms with Gasteiger partial charge in [0.05, 0.1) is 23.7 Å². The van der Waals surface area contributed by atoms with Gasteiger partial charge in [-0.05, 0) is 43.5 Å². The van der Waals surface area contributed by atoms with Crippen LogP contribution in [0.15, 0.2) is 53.3 Å². The van der Waals surface area contributed by atoms with E-state index in [4.69, 9.17) is 4.74 Å². The molecule has 1 heterocycles. The number of carbonyl (C=O) groups is 1. The lowest BCUT2D eigenvalue weighted by Gasteiger charge is -2.16. The summed E-state index contributed by atoms with van der Waals surface area (Å²) in [6, 6.07) is 15.2. The summed E-state index contributed by atoms with van der Waals surface area (Å²) in [6.07, 6.45) is 4.19. The number of aryl methyl sites for hydroxylation is 1. The van der Waals surface area contributed by atoms with Crippen molar-refractivity contribution in [3.05, 3.63) is 70.1 Å². The van der Waals surface area contributed by atoms with Gasteiger partial charge in [-0.1, -0.05) is 43.2 Å². The number of ether oxygens (including phenoxy) is 1. The molecule has 0 radical (unpaired) electrons. The zero-order valence-electron chi connectivity index (χ0n) is 16.6. The van der Waals surface area contributed by atoms with Crippen LogP contribution in [-0.4, -0.2) is 22.3 Å². The Kier molecular flexibility index (Phi) is 5.60. The van der Waals surface area contributed by atoms with Crippen LogP contribution in [0.2, 0.25) is 0 Å². The topological polar surface area (TPSA) is 73.2 Å². The van der Waals surface area contributed by atoms with Crippen LogP contribution >= 0.6 is 0 Å². The molecule has 0 saturated heterocycles. The number of nitrogens with zero attached hydrogens (tertiary/aromatic N) is 2. The van der Waals surface area contributed by atoms with Crippen LogP contribution in [0.3, 0.4) is 0 Å². The summed E-state index contributed by atoms with van der Waals surface area (Å²) in [7, 11) is 0. The summed E-state index contributed by atoms with van der Waals surface area (Å²) >= 11 is 0. The first-order valence-corrected chi connectivity index (χ1v) is 10.1. The molecular formula is C23H25N3O3. The van der Waals surface area contributed by atoms with Crippen LogP contribution < -0.4 is 15.6 Å². The minimum atomic E-state index is -0.226. The number of benzene rings is 2. The number of aromatic nitrogens is 2. The second kappa shape index (κ2) is 8.47. The van der Waals surface area contributed by atoms with Gasteiger partial charge in [-0.2, -0.15) is 5.10 Å². The quantitative estimate of drug-likeness (QED) is 0.698. The maximum atomic E-state index is 12.9. The number of nitrogens with one attached hydrogen (secondary N) is 1. The number of fused-ring (bicyclic) bond motifs is 1. The third-order valence-electron chi connectivity index (χ3n) is 5.39. The number of hydrogen-bond donors (Lipinski definition) is 1. The summed E-state index contributed by atoms with van der Waals surface area (Å²) in [4.78, 5) is 25.2. The maximum Gasteiger partial charge on any atom is 0.274 e. The molecule has 2 aromatic carbocycles. The molecule has 6 heteroatoms. The van der Waals surface area contributed by atoms with E-state index in [9.17, 15) is 9.59 Å². The molecule has 0 spiro atoms. The minimum Gasteiger partial charge on any atom is -0.484 e. The fourth-order valence-corrected chi connectivity index (χ4v) is 3.89. The van der Waals surface area contributed by atoms with Crippen LogP contribution in [0.4, 0.5) is 0 Å². The molecule has 0 atom stereocenters. The van der Waals surface area contributed by atoms with Crippen molar-refractivity contribution < 1.29 is 9.53 Å². The first-order valence-electron chi connectivity index (χ1n) is 10.1. The van der Waals surface area contributed by atoms with Crippen LogP contribution in [0, 0.1) is 6.92 Å². The van der Waals surface area contributed by atoms with Crippen LogP contribution in [0.5, 0.6) is 5.75 Å². The third-order valence-corrected chi connectivity index (χ3v) is 5.39. The Morgan fingerprint density at radius 3 is 2.66 bits per heavy atom. The van der Waals surface area contributed by atoms with Gasteiger partial charge in [0.25, 0.3) is 11.5 Å². The van der Waals surface area contributed by atoms with Gasteiger partial charge in [0, 0.05) is 5.39 Å². The number of hydrogen-bond acceptors (Lipinski definition) is 4. The SMILES string of the molecule is Cc1cccc(OCC(=O)NCc2nn(C3CCCC3)c(=O)c3ccccc23)c1. The van der Waals surface area contributed by atoms with Gasteiger partial charge in [-0.25, -0.2) is 4.68 Å². The number of amides is 1. The van der Waals surface area contributed by atoms with Crippen LogP contribution in [-0.2, 0) is 11.3 Å². The Morgan fingerprint density at radius 1 is 1.14 bits per heavy atom. The number of carbonyl (C=O) groups excluding carboxylic acids is 1. The van der Waals surface area contributed by atoms with Crippen molar-refractivity contribution in [2.45, 2.75) is 45.2 Å². The molecule has 0 bridgehead atoms. The average molecular weight is 391 g/mol. The Balaban J connectivity index is 1.50. The highest BCUT2D eigenvalue weighted by molar-refractivity contribution is 5.84. The second-order valence-corrected chi connectivity index (χ2v) is 7.56. The molecule has 1 aromatic heterocycles. The van der Waals surface area contributed by atoms with Crippen molar-refractivity contribution in [2.75, 3.05) is 6.61 Å². The molecule has 1 N–H and O–H groups in total. The summed E-state index contributed by atoms with van der Waals surface area (Å²) in [5, 5.41) is 8.94. The smallest absolute Gasteiger partial charge is 0.274 e. The monoisotopic (exact) mass is 391 g/mol. The van der Waals surface area contributed by atoms with Gasteiger partial charge < -0.3 is 10.1 Å². The largest absolute Gasteiger partial charge is 0.484 e. The van der Waals surface area contributed by atoms with Gasteiger partial charge in [0.2, 0.25) is 0 Å². The van der Waals surface area contributed by atoms with Crippen molar-refractivity contribution in [1.82, 2.24) is 15.1 Å². The summed E-state index contributed by atoms with van der Waals surface area (Å²) in [5.41, 5.74) is 1.73. The fraction of sp³-hybridized carbons (Fsp3) is 0.348. The predicted molar refractivity (Wildman–Crippen MR) is 112 cm³/mol. The Hall–Kier alpha value is -3.15. The van der Waals surface area contributed by atoms with E-state index < -0.39 is 0 Å². The molecule has 6 nitrogen and oxygen atoms in total. The highest BCUT2D eigenvalue weighted by Crippen LogP contribution is 2.28. The highest BCUT2D eigenvalue weighted by Gasteiger charge is 2.21. The van der Waals surface area contributed by atoms with Gasteiger partial charge >= 0.3 is 0 Å². The maximum absolute atomic E-state index is 12.9. The Labute approximate surface area is 169 Å². The first-order chi connectivity index (χ1) is 14.1. The van der Waals surface area contributed by atoms with Crippen molar-refractivity contribution >= 4 is 16.7 Å². The Morgan fingerprint density at radius 2 is 1.90 bits per heavy atom. The van der Waals surface area contributed by atoms with Gasteiger partial charge in [-0.3, -0.25) is 9.59 Å². The van der Waals surface area contributed by atoms with Crippen LogP contribution in [0.25, 0.3) is 10.8 Å². The van der Waals surface area contributed by atoms with Crippen molar-refractivity contribution in [1.29, 1.82) is 0 Å². The number of rotatable bonds is 6. The lowest BCUT2D eigenvalue weighted by molar-refractivity contribution is -0.123. The molecule has 1 aliphatic rings. The highest BCUT2D eigenvalue weighted by atomic mass is 16.5. The molecule has 1 aliphatic carbocycles. The molecule has 4 rings (SSSR count). The van der Waals surface area contributed by atoms with Crippen molar-refractivity contribution in [3.63, 3.8) is 0 Å². The summed E-state index contributed by atoms with van der Waals surface area (Å²) in [5.74, 6) is 0.439. The standard InChI is InChI=1S/C23H25N3O3/c1-16-7-6-10-18(13-16)29-15-22(27)24-14-21-19-11-4-5-12-20(19)23(28)26(25-21)17-8-2-3-9-17/h4-7,10-13,17H,2-3,8-9,14-15H2,1H3,(H,24,27). The molecule has 1 saturated carbocycles. The van der Waals surface area contributed by atoms with Crippen molar-refractivity contribution in [2.24, 2.45) is 0 Å². The average Bonchev–Trinajstić information content (AvgIpc) is 3.27. The van der Waals surface area contributed by atoms with E-state index in [1.807, 2.05) is 55.5 Å². The second-order valence-electron chi connectivity index (χ2n) is 7.56. The van der Waals surface area contributed by atoms with E-state index in [0.29, 0.717) is 16.8 Å². The van der Waals surface area contributed by atoms with E-state index in [2.05, 4.69) is 10.4 Å². The zero-order valence-corrected chi connectivity index (χ0v) is 16.6. The lowest BCUT2D eigenvalue weighted by atomic mass is 10.1. The van der Waals surface area contributed by atoms with Crippen LogP contribution in [0.1, 0.15) is 43.0 Å². The molecule has 29 heavy (non-hydrogen) atoms. The van der Waals surface area contributed by atoms with Gasteiger partial charge in [-0.15, -0.1) is 0 Å². The third kappa shape index (κ3) is 4.31. The molecule has 3 aromatic rings. The van der Waals surface area contributed by atoms with E-state index >= 15 is 0 Å². The fourth-order valence-electron chi connectivity index (χ4n) is 3.89. The zero-order chi connectivity index (χ0) is 20.2. The molecule has 1 fully saturated rings. The van der Waals surface area contributed by atoms with E-state index in [-0.39, 0.29) is 30.7 Å². The molecule has 150 valence electrons. The lowest BCUT2D eigenvalue weighted by Crippen LogP contribution is -2.32. The van der Waals surface area contributed by atoms with E-state index in [1.165, 1.54) is 0 Å². The molecule has 0 aliphatic heterocycles. The van der Waals surface area contributed by atoms with E-state index in [0.717, 1.165) is 36.6 Å². The minimum absolute atomic E-state index is 0.0506. The predicted octanol–water partition coefficient (Wildman–Crippen LogP) is 3.52. The molecule has 0 unspecified atom stereocenters. The van der Waals surface area contributed by atoms with E-state index in [1.54, 1.807) is 4.68 Å². The van der Waals surface area contributed by atoms with Gasteiger partial charge in [0.1, 0.15) is 5.75 Å². The molecule has 1 amide bonds. The summed E-state index contributed by atoms with van der Waals surface area (Å²) < 4.78 is 7.19. The summed E-state index contributed by atoms with van der Waals surface area (Å²) in [6.45, 7) is 2.16. The Bertz CT molecular complexity index is 1080. The first kappa shape index (κ1) is 19.2. The normalized spacial score (nSPS) is 14.2. The molecular weight excluding hydrogens is 366 g/mol. The van der Waals surface area contributed by atoms with Crippen molar-refractivity contribution in [3.8, 4) is 5.75 Å².